The van der Waals surface area contributed by atoms with Crippen molar-refractivity contribution in [3.63, 3.8) is 0 Å². The molecule has 0 bridgehead atoms. The maximum atomic E-state index is 5.21. The predicted molar refractivity (Wildman–Crippen MR) is 46.8 cm³/mol. The van der Waals surface area contributed by atoms with E-state index in [4.69, 9.17) is 6.42 Å². The van der Waals surface area contributed by atoms with Crippen molar-refractivity contribution in [3.05, 3.63) is 29.6 Å². The van der Waals surface area contributed by atoms with E-state index in [9.17, 15) is 0 Å². The van der Waals surface area contributed by atoms with E-state index in [0.29, 0.717) is 5.69 Å². The Hall–Kier alpha value is -1.82. The molecule has 12 heavy (non-hydrogen) atoms. The van der Waals surface area contributed by atoms with Gasteiger partial charge in [-0.3, -0.25) is 0 Å². The number of rotatable bonds is 2. The molecule has 0 atom stereocenters. The molecule has 0 aliphatic rings. The summed E-state index contributed by atoms with van der Waals surface area (Å²) >= 11 is 0. The molecule has 1 aromatic rings. The van der Waals surface area contributed by atoms with E-state index in [2.05, 4.69) is 20.9 Å². The van der Waals surface area contributed by atoms with Crippen molar-refractivity contribution < 1.29 is 4.84 Å². The minimum atomic E-state index is 0.568. The number of nitrogens with zero attached hydrogens (tertiary/aromatic N) is 2. The molecule has 0 unspecified atom stereocenters. The van der Waals surface area contributed by atoms with Crippen molar-refractivity contribution in [2.75, 3.05) is 7.11 Å². The van der Waals surface area contributed by atoms with Gasteiger partial charge in [0, 0.05) is 11.8 Å². The lowest BCUT2D eigenvalue weighted by Gasteiger charge is -1.94. The van der Waals surface area contributed by atoms with Crippen LogP contribution in [0, 0.1) is 12.3 Å². The molecule has 0 aliphatic carbocycles. The van der Waals surface area contributed by atoms with E-state index in [1.807, 2.05) is 6.07 Å². The van der Waals surface area contributed by atoms with Gasteiger partial charge in [0.15, 0.2) is 0 Å². The molecule has 1 aromatic heterocycles. The molecule has 1 heterocycles. The zero-order chi connectivity index (χ0) is 8.81. The van der Waals surface area contributed by atoms with Crippen LogP contribution in [0.25, 0.3) is 0 Å². The number of oxime groups is 1. The van der Waals surface area contributed by atoms with Crippen molar-refractivity contribution in [2.45, 2.75) is 0 Å². The van der Waals surface area contributed by atoms with Gasteiger partial charge in [-0.25, -0.2) is 4.98 Å². The molecule has 0 aliphatic heterocycles. The lowest BCUT2D eigenvalue weighted by Crippen LogP contribution is -1.90. The van der Waals surface area contributed by atoms with E-state index >= 15 is 0 Å². The van der Waals surface area contributed by atoms with Crippen molar-refractivity contribution in [3.8, 4) is 12.3 Å². The molecule has 0 amide bonds. The third kappa shape index (κ3) is 1.83. The molecule has 0 spiro atoms. The van der Waals surface area contributed by atoms with Gasteiger partial charge in [0.25, 0.3) is 0 Å². The van der Waals surface area contributed by atoms with Gasteiger partial charge >= 0.3 is 0 Å². The van der Waals surface area contributed by atoms with Crippen LogP contribution in [-0.2, 0) is 4.84 Å². The number of hydrogen-bond donors (Lipinski definition) is 0. The van der Waals surface area contributed by atoms with Crippen LogP contribution < -0.4 is 0 Å². The Morgan fingerprint density at radius 3 is 3.25 bits per heavy atom. The highest BCUT2D eigenvalue weighted by Gasteiger charge is 1.95. The van der Waals surface area contributed by atoms with Crippen molar-refractivity contribution in [2.24, 2.45) is 5.16 Å². The van der Waals surface area contributed by atoms with Gasteiger partial charge in [0.05, 0.1) is 6.21 Å². The lowest BCUT2D eigenvalue weighted by atomic mass is 10.2. The van der Waals surface area contributed by atoms with E-state index < -0.39 is 0 Å². The largest absolute Gasteiger partial charge is 0.399 e. The second-order valence-electron chi connectivity index (χ2n) is 2.00. The highest BCUT2D eigenvalue weighted by molar-refractivity contribution is 5.81. The van der Waals surface area contributed by atoms with Crippen LogP contribution >= 0.6 is 0 Å². The van der Waals surface area contributed by atoms with E-state index in [1.54, 1.807) is 12.3 Å². The molecule has 0 fully saturated rings. The Bertz CT molecular complexity index is 326. The molecule has 60 valence electrons. The second-order valence-corrected chi connectivity index (χ2v) is 2.00. The maximum Gasteiger partial charge on any atom is 0.121 e. The normalized spacial score (nSPS) is 9.67. The van der Waals surface area contributed by atoms with Crippen LogP contribution in [0.2, 0.25) is 0 Å². The van der Waals surface area contributed by atoms with Crippen molar-refractivity contribution in [1.82, 2.24) is 4.98 Å². The lowest BCUT2D eigenvalue weighted by molar-refractivity contribution is 0.215. The number of terminal acetylenes is 1. The van der Waals surface area contributed by atoms with Gasteiger partial charge in [-0.2, -0.15) is 0 Å². The Morgan fingerprint density at radius 1 is 1.75 bits per heavy atom. The van der Waals surface area contributed by atoms with E-state index in [1.165, 1.54) is 13.3 Å². The molecule has 0 N–H and O–H groups in total. The molecule has 0 saturated carbocycles. The summed E-state index contributed by atoms with van der Waals surface area (Å²) in [6.45, 7) is 0. The minimum Gasteiger partial charge on any atom is -0.399 e. The summed E-state index contributed by atoms with van der Waals surface area (Å²) in [6, 6.07) is 3.61. The molecular formula is C9H8N2O. The predicted octanol–water partition coefficient (Wildman–Crippen LogP) is 1.04. The summed E-state index contributed by atoms with van der Waals surface area (Å²) in [7, 11) is 1.47. The molecule has 0 aromatic carbocycles. The van der Waals surface area contributed by atoms with Crippen LogP contribution in [0.5, 0.6) is 0 Å². The molecule has 0 radical (unpaired) electrons. The SMILES string of the molecule is C#Cc1ncccc1C=NOC. The van der Waals surface area contributed by atoms with E-state index in [0.717, 1.165) is 5.56 Å². The Morgan fingerprint density at radius 2 is 2.58 bits per heavy atom. The summed E-state index contributed by atoms with van der Waals surface area (Å²) in [5.41, 5.74) is 1.35. The van der Waals surface area contributed by atoms with Gasteiger partial charge in [-0.15, -0.1) is 6.42 Å². The average Bonchev–Trinajstić information content (AvgIpc) is 2.15. The smallest absolute Gasteiger partial charge is 0.121 e. The third-order valence-electron chi connectivity index (χ3n) is 1.27. The number of hydrogen-bond acceptors (Lipinski definition) is 3. The summed E-state index contributed by atoms with van der Waals surface area (Å²) in [6.07, 6.45) is 8.38. The minimum absolute atomic E-state index is 0.568. The Balaban J connectivity index is 2.99. The first-order valence-corrected chi connectivity index (χ1v) is 3.36. The summed E-state index contributed by atoms with van der Waals surface area (Å²) in [5, 5.41) is 3.59. The summed E-state index contributed by atoms with van der Waals surface area (Å²) in [4.78, 5) is 8.49. The van der Waals surface area contributed by atoms with Crippen LogP contribution in [0.4, 0.5) is 0 Å². The monoisotopic (exact) mass is 160 g/mol. The maximum absolute atomic E-state index is 5.21. The zero-order valence-electron chi connectivity index (χ0n) is 6.69. The van der Waals surface area contributed by atoms with Gasteiger partial charge in [0.1, 0.15) is 12.8 Å². The summed E-state index contributed by atoms with van der Waals surface area (Å²) < 4.78 is 0. The first-order valence-electron chi connectivity index (χ1n) is 3.36. The van der Waals surface area contributed by atoms with Gasteiger partial charge in [0.2, 0.25) is 0 Å². The third-order valence-corrected chi connectivity index (χ3v) is 1.27. The van der Waals surface area contributed by atoms with E-state index in [-0.39, 0.29) is 0 Å². The molecular weight excluding hydrogens is 152 g/mol. The number of pyridine rings is 1. The van der Waals surface area contributed by atoms with Gasteiger partial charge in [-0.05, 0) is 18.1 Å². The van der Waals surface area contributed by atoms with Crippen molar-refractivity contribution in [1.29, 1.82) is 0 Å². The first-order chi connectivity index (χ1) is 5.88. The molecule has 3 nitrogen and oxygen atoms in total. The van der Waals surface area contributed by atoms with Gasteiger partial charge in [-0.1, -0.05) is 5.16 Å². The highest BCUT2D eigenvalue weighted by Crippen LogP contribution is 1.99. The quantitative estimate of drug-likeness (QED) is 0.368. The molecule has 3 heteroatoms. The second kappa shape index (κ2) is 4.14. The standard InChI is InChI=1S/C9H8N2O/c1-3-9-8(7-11-12-2)5-4-6-10-9/h1,4-7H,2H3. The van der Waals surface area contributed by atoms with Crippen molar-refractivity contribution >= 4 is 6.21 Å². The zero-order valence-corrected chi connectivity index (χ0v) is 6.69. The fraction of sp³-hybridized carbons (Fsp3) is 0.111. The molecule has 0 saturated heterocycles. The first kappa shape index (κ1) is 8.28. The Kier molecular flexibility index (Phi) is 2.86. The fourth-order valence-corrected chi connectivity index (χ4v) is 0.752. The topological polar surface area (TPSA) is 34.5 Å². The highest BCUT2D eigenvalue weighted by atomic mass is 16.6. The Labute approximate surface area is 71.1 Å². The molecule has 1 rings (SSSR count). The van der Waals surface area contributed by atoms with Crippen LogP contribution in [0.3, 0.4) is 0 Å². The van der Waals surface area contributed by atoms with Gasteiger partial charge < -0.3 is 4.84 Å². The summed E-state index contributed by atoms with van der Waals surface area (Å²) in [5.74, 6) is 2.45. The number of aromatic nitrogens is 1. The fourth-order valence-electron chi connectivity index (χ4n) is 0.752. The van der Waals surface area contributed by atoms with Crippen LogP contribution in [0.1, 0.15) is 11.3 Å². The van der Waals surface area contributed by atoms with Crippen LogP contribution in [-0.4, -0.2) is 18.3 Å². The average molecular weight is 160 g/mol. The van der Waals surface area contributed by atoms with Crippen LogP contribution in [0.15, 0.2) is 23.5 Å².